The van der Waals surface area contributed by atoms with E-state index < -0.39 is 0 Å². The first-order chi connectivity index (χ1) is 8.69. The maximum Gasteiger partial charge on any atom is 0.317 e. The van der Waals surface area contributed by atoms with Crippen molar-refractivity contribution in [2.24, 2.45) is 0 Å². The van der Waals surface area contributed by atoms with E-state index in [1.807, 2.05) is 18.2 Å². The Hall–Kier alpha value is -2.06. The molecule has 0 saturated carbocycles. The second kappa shape index (κ2) is 5.52. The van der Waals surface area contributed by atoms with Gasteiger partial charge in [-0.05, 0) is 25.1 Å². The van der Waals surface area contributed by atoms with Crippen molar-refractivity contribution in [2.45, 2.75) is 13.3 Å². The molecule has 0 fully saturated rings. The second-order valence-corrected chi connectivity index (χ2v) is 4.58. The highest BCUT2D eigenvalue weighted by Gasteiger charge is 2.01. The molecule has 92 valence electrons. The van der Waals surface area contributed by atoms with E-state index in [-0.39, 0.29) is 12.4 Å². The summed E-state index contributed by atoms with van der Waals surface area (Å²) in [5.74, 6) is 5.38. The molecular weight excluding hydrogens is 248 g/mol. The van der Waals surface area contributed by atoms with Crippen molar-refractivity contribution in [1.29, 1.82) is 0 Å². The first kappa shape index (κ1) is 12.4. The van der Waals surface area contributed by atoms with Gasteiger partial charge in [-0.3, -0.25) is 4.79 Å². The molecule has 0 atom stereocenters. The summed E-state index contributed by atoms with van der Waals surface area (Å²) in [6.07, 6.45) is 0.102. The highest BCUT2D eigenvalue weighted by molar-refractivity contribution is 7.22. The number of carbonyl (C=O) groups excluding carboxylic acids is 1. The molecule has 0 aliphatic carbocycles. The van der Waals surface area contributed by atoms with Crippen LogP contribution < -0.4 is 5.73 Å². The Bertz CT molecular complexity index is 637. The number of carbonyl (C=O) groups is 1. The van der Waals surface area contributed by atoms with Gasteiger partial charge in [-0.1, -0.05) is 23.2 Å². The molecule has 0 spiro atoms. The summed E-state index contributed by atoms with van der Waals surface area (Å²) in [6, 6.07) is 5.68. The van der Waals surface area contributed by atoms with Gasteiger partial charge in [0.15, 0.2) is 5.13 Å². The van der Waals surface area contributed by atoms with Gasteiger partial charge >= 0.3 is 5.97 Å². The molecule has 1 aromatic heterocycles. The van der Waals surface area contributed by atoms with Gasteiger partial charge in [0.25, 0.3) is 0 Å². The van der Waals surface area contributed by atoms with E-state index in [1.54, 1.807) is 6.92 Å². The third kappa shape index (κ3) is 2.99. The van der Waals surface area contributed by atoms with Crippen molar-refractivity contribution in [1.82, 2.24) is 4.98 Å². The summed E-state index contributed by atoms with van der Waals surface area (Å²) in [4.78, 5) is 15.3. The van der Waals surface area contributed by atoms with E-state index in [1.165, 1.54) is 11.3 Å². The predicted molar refractivity (Wildman–Crippen MR) is 72.2 cm³/mol. The zero-order valence-corrected chi connectivity index (χ0v) is 10.7. The highest BCUT2D eigenvalue weighted by atomic mass is 32.1. The van der Waals surface area contributed by atoms with Gasteiger partial charge < -0.3 is 10.5 Å². The Kier molecular flexibility index (Phi) is 3.80. The van der Waals surface area contributed by atoms with Crippen molar-refractivity contribution >= 4 is 32.7 Å². The molecule has 0 saturated heterocycles. The lowest BCUT2D eigenvalue weighted by Gasteiger charge is -1.94. The quantitative estimate of drug-likeness (QED) is 0.664. The number of fused-ring (bicyclic) bond motifs is 1. The van der Waals surface area contributed by atoms with E-state index >= 15 is 0 Å². The van der Waals surface area contributed by atoms with E-state index in [9.17, 15) is 4.79 Å². The topological polar surface area (TPSA) is 65.2 Å². The fraction of sp³-hybridized carbons (Fsp3) is 0.231. The molecule has 2 rings (SSSR count). The fourth-order valence-corrected chi connectivity index (χ4v) is 2.17. The Labute approximate surface area is 109 Å². The molecule has 1 aromatic carbocycles. The van der Waals surface area contributed by atoms with Gasteiger partial charge in [-0.25, -0.2) is 4.98 Å². The largest absolute Gasteiger partial charge is 0.465 e. The number of benzene rings is 1. The third-order valence-corrected chi connectivity index (χ3v) is 3.04. The van der Waals surface area contributed by atoms with Crippen molar-refractivity contribution in [3.63, 3.8) is 0 Å². The SMILES string of the molecule is CCOC(=O)CC#Cc1ccc2sc(N)nc2c1. The first-order valence-electron chi connectivity index (χ1n) is 5.49. The number of ether oxygens (including phenoxy) is 1. The molecule has 0 unspecified atom stereocenters. The highest BCUT2D eigenvalue weighted by Crippen LogP contribution is 2.23. The maximum atomic E-state index is 11.1. The summed E-state index contributed by atoms with van der Waals surface area (Å²) >= 11 is 1.44. The van der Waals surface area contributed by atoms with Crippen LogP contribution in [-0.4, -0.2) is 17.6 Å². The minimum Gasteiger partial charge on any atom is -0.465 e. The van der Waals surface area contributed by atoms with E-state index in [0.717, 1.165) is 15.8 Å². The van der Waals surface area contributed by atoms with Crippen LogP contribution in [0, 0.1) is 11.8 Å². The summed E-state index contributed by atoms with van der Waals surface area (Å²) in [5, 5.41) is 0.543. The number of rotatable bonds is 2. The fourth-order valence-electron chi connectivity index (χ4n) is 1.45. The Balaban J connectivity index is 2.12. The zero-order chi connectivity index (χ0) is 13.0. The Morgan fingerprint density at radius 1 is 1.56 bits per heavy atom. The van der Waals surface area contributed by atoms with Crippen molar-refractivity contribution in [3.8, 4) is 11.8 Å². The van der Waals surface area contributed by atoms with Crippen LogP contribution >= 0.6 is 11.3 Å². The summed E-state index contributed by atoms with van der Waals surface area (Å²) in [6.45, 7) is 2.15. The lowest BCUT2D eigenvalue weighted by molar-refractivity contribution is -0.141. The summed E-state index contributed by atoms with van der Waals surface area (Å²) in [5.41, 5.74) is 7.27. The number of nitrogens with two attached hydrogens (primary N) is 1. The van der Waals surface area contributed by atoms with Gasteiger partial charge in [-0.15, -0.1) is 0 Å². The second-order valence-electron chi connectivity index (χ2n) is 3.52. The number of aromatic nitrogens is 1. The number of nitrogen functional groups attached to an aromatic ring is 1. The van der Waals surface area contributed by atoms with Gasteiger partial charge in [0.05, 0.1) is 16.8 Å². The van der Waals surface area contributed by atoms with Crippen LogP contribution in [0.25, 0.3) is 10.2 Å². The van der Waals surface area contributed by atoms with Crippen LogP contribution in [0.5, 0.6) is 0 Å². The predicted octanol–water partition coefficient (Wildman–Crippen LogP) is 2.18. The Morgan fingerprint density at radius 2 is 2.39 bits per heavy atom. The van der Waals surface area contributed by atoms with Crippen molar-refractivity contribution in [2.75, 3.05) is 12.3 Å². The summed E-state index contributed by atoms with van der Waals surface area (Å²) in [7, 11) is 0. The molecule has 0 aliphatic rings. The number of thiazole rings is 1. The van der Waals surface area contributed by atoms with E-state index in [2.05, 4.69) is 16.8 Å². The van der Waals surface area contributed by atoms with Crippen LogP contribution in [0.1, 0.15) is 18.9 Å². The maximum absolute atomic E-state index is 11.1. The molecule has 5 heteroatoms. The van der Waals surface area contributed by atoms with Crippen LogP contribution in [0.3, 0.4) is 0 Å². The molecule has 0 amide bonds. The molecule has 2 N–H and O–H groups in total. The normalized spacial score (nSPS) is 9.83. The molecule has 4 nitrogen and oxygen atoms in total. The van der Waals surface area contributed by atoms with Crippen LogP contribution in [0.15, 0.2) is 18.2 Å². The van der Waals surface area contributed by atoms with Crippen LogP contribution in [0.2, 0.25) is 0 Å². The first-order valence-corrected chi connectivity index (χ1v) is 6.31. The van der Waals surface area contributed by atoms with Gasteiger partial charge in [0.2, 0.25) is 0 Å². The molecule has 0 bridgehead atoms. The smallest absolute Gasteiger partial charge is 0.317 e. The standard InChI is InChI=1S/C13H12N2O2S/c1-2-17-12(16)5-3-4-9-6-7-11-10(8-9)15-13(14)18-11/h6-8H,2,5H2,1H3,(H2,14,15). The average Bonchev–Trinajstić information content (AvgIpc) is 2.69. The molecule has 2 aromatic rings. The minimum absolute atomic E-state index is 0.102. The average molecular weight is 260 g/mol. The Morgan fingerprint density at radius 3 is 3.17 bits per heavy atom. The number of anilines is 1. The molecule has 0 aliphatic heterocycles. The molecule has 0 radical (unpaired) electrons. The lowest BCUT2D eigenvalue weighted by atomic mass is 10.2. The van der Waals surface area contributed by atoms with E-state index in [4.69, 9.17) is 10.5 Å². The number of esters is 1. The number of hydrogen-bond donors (Lipinski definition) is 1. The van der Waals surface area contributed by atoms with Gasteiger partial charge in [0, 0.05) is 5.56 Å². The van der Waals surface area contributed by atoms with Crippen LogP contribution in [-0.2, 0) is 9.53 Å². The van der Waals surface area contributed by atoms with Crippen molar-refractivity contribution < 1.29 is 9.53 Å². The zero-order valence-electron chi connectivity index (χ0n) is 9.90. The molecular formula is C13H12N2O2S. The summed E-state index contributed by atoms with van der Waals surface area (Å²) < 4.78 is 5.82. The van der Waals surface area contributed by atoms with Gasteiger partial charge in [-0.2, -0.15) is 0 Å². The van der Waals surface area contributed by atoms with Gasteiger partial charge in [0.1, 0.15) is 6.42 Å². The number of nitrogens with zero attached hydrogens (tertiary/aromatic N) is 1. The van der Waals surface area contributed by atoms with E-state index in [0.29, 0.717) is 11.7 Å². The molecule has 1 heterocycles. The third-order valence-electron chi connectivity index (χ3n) is 2.17. The monoisotopic (exact) mass is 260 g/mol. The van der Waals surface area contributed by atoms with Crippen molar-refractivity contribution in [3.05, 3.63) is 23.8 Å². The molecule has 18 heavy (non-hydrogen) atoms. The minimum atomic E-state index is -0.302. The van der Waals surface area contributed by atoms with Crippen LogP contribution in [0.4, 0.5) is 5.13 Å². The number of hydrogen-bond acceptors (Lipinski definition) is 5. The lowest BCUT2D eigenvalue weighted by Crippen LogP contribution is -2.01.